The van der Waals surface area contributed by atoms with Gasteiger partial charge in [-0.15, -0.1) is 0 Å². The molecule has 0 aromatic carbocycles. The van der Waals surface area contributed by atoms with Crippen LogP contribution in [-0.2, 0) is 4.79 Å². The highest BCUT2D eigenvalue weighted by Gasteiger charge is 2.20. The average Bonchev–Trinajstić information content (AvgIpc) is 1.89. The molecule has 0 aliphatic rings. The van der Waals surface area contributed by atoms with E-state index < -0.39 is 5.54 Å². The summed E-state index contributed by atoms with van der Waals surface area (Å²) in [6.07, 6.45) is 0.388. The van der Waals surface area contributed by atoms with Crippen molar-refractivity contribution in [3.8, 4) is 6.07 Å². The van der Waals surface area contributed by atoms with E-state index in [1.165, 1.54) is 6.92 Å². The fourth-order valence-corrected chi connectivity index (χ4v) is 0.243. The van der Waals surface area contributed by atoms with Crippen molar-refractivity contribution in [3.05, 3.63) is 0 Å². The van der Waals surface area contributed by atoms with Crippen LogP contribution < -0.4 is 5.32 Å². The second kappa shape index (κ2) is 3.05. The molecule has 0 aliphatic carbocycles. The van der Waals surface area contributed by atoms with E-state index in [0.29, 0.717) is 6.41 Å². The lowest BCUT2D eigenvalue weighted by molar-refractivity contribution is -0.110. The van der Waals surface area contributed by atoms with Gasteiger partial charge in [0, 0.05) is 0 Å². The van der Waals surface area contributed by atoms with Crippen LogP contribution in [0, 0.1) is 11.3 Å². The number of hydrogen-bond donors (Lipinski definition) is 2. The Bertz CT molecular complexity index is 140. The minimum atomic E-state index is -1.12. The zero-order chi connectivity index (χ0) is 7.33. The molecule has 0 fully saturated rings. The Kier molecular flexibility index (Phi) is 2.68. The summed E-state index contributed by atoms with van der Waals surface area (Å²) in [5.74, 6) is 0. The second-order valence-corrected chi connectivity index (χ2v) is 1.86. The van der Waals surface area contributed by atoms with E-state index in [1.807, 2.05) is 0 Å². The quantitative estimate of drug-likeness (QED) is 0.479. The number of carbonyl (C=O) groups excluding carboxylic acids is 1. The lowest BCUT2D eigenvalue weighted by atomic mass is 10.1. The van der Waals surface area contributed by atoms with Crippen LogP contribution in [0.4, 0.5) is 0 Å². The zero-order valence-corrected chi connectivity index (χ0v) is 5.09. The van der Waals surface area contributed by atoms with Crippen LogP contribution in [0.25, 0.3) is 0 Å². The summed E-state index contributed by atoms with van der Waals surface area (Å²) >= 11 is 0. The molecule has 2 N–H and O–H groups in total. The number of nitrogens with zero attached hydrogens (tertiary/aromatic N) is 1. The minimum Gasteiger partial charge on any atom is -0.393 e. The Morgan fingerprint density at radius 3 is 2.67 bits per heavy atom. The van der Waals surface area contributed by atoms with Gasteiger partial charge in [0.2, 0.25) is 6.41 Å². The summed E-state index contributed by atoms with van der Waals surface area (Å²) in [5.41, 5.74) is -1.12. The summed E-state index contributed by atoms with van der Waals surface area (Å²) in [6, 6.07) is 1.74. The first-order valence-corrected chi connectivity index (χ1v) is 2.42. The minimum absolute atomic E-state index is 0.373. The summed E-state index contributed by atoms with van der Waals surface area (Å²) in [7, 11) is 0. The molecule has 4 heteroatoms. The molecule has 4 nitrogen and oxygen atoms in total. The Morgan fingerprint density at radius 1 is 2.00 bits per heavy atom. The summed E-state index contributed by atoms with van der Waals surface area (Å²) in [5, 5.41) is 18.9. The zero-order valence-electron chi connectivity index (χ0n) is 5.09. The van der Waals surface area contributed by atoms with Gasteiger partial charge in [-0.2, -0.15) is 5.26 Å². The number of nitrogens with one attached hydrogen (secondary N) is 1. The monoisotopic (exact) mass is 128 g/mol. The highest BCUT2D eigenvalue weighted by atomic mass is 16.3. The van der Waals surface area contributed by atoms with Gasteiger partial charge in [-0.1, -0.05) is 0 Å². The van der Waals surface area contributed by atoms with Gasteiger partial charge >= 0.3 is 0 Å². The number of aliphatic hydroxyl groups excluding tert-OH is 1. The van der Waals surface area contributed by atoms with E-state index in [0.717, 1.165) is 0 Å². The fraction of sp³-hybridized carbons (Fsp3) is 0.600. The third-order valence-electron chi connectivity index (χ3n) is 0.940. The van der Waals surface area contributed by atoms with Crippen molar-refractivity contribution in [3.63, 3.8) is 0 Å². The van der Waals surface area contributed by atoms with E-state index in [-0.39, 0.29) is 6.61 Å². The van der Waals surface area contributed by atoms with Crippen molar-refractivity contribution in [1.82, 2.24) is 5.32 Å². The summed E-state index contributed by atoms with van der Waals surface area (Å²) < 4.78 is 0. The predicted molar refractivity (Wildman–Crippen MR) is 30.3 cm³/mol. The maximum atomic E-state index is 9.76. The van der Waals surface area contributed by atoms with Gasteiger partial charge in [0.15, 0.2) is 0 Å². The van der Waals surface area contributed by atoms with Crippen LogP contribution in [-0.4, -0.2) is 23.7 Å². The first-order chi connectivity index (χ1) is 4.18. The smallest absolute Gasteiger partial charge is 0.208 e. The standard InChI is InChI=1S/C5H8N2O2/c1-5(2-6,3-8)7-4-9/h4,8H,3H2,1H3,(H,7,9). The van der Waals surface area contributed by atoms with Gasteiger partial charge in [-0.05, 0) is 6.92 Å². The largest absolute Gasteiger partial charge is 0.393 e. The number of hydrogen-bond acceptors (Lipinski definition) is 3. The molecule has 0 spiro atoms. The van der Waals surface area contributed by atoms with Crippen LogP contribution in [0.1, 0.15) is 6.92 Å². The third-order valence-corrected chi connectivity index (χ3v) is 0.940. The van der Waals surface area contributed by atoms with Crippen molar-refractivity contribution < 1.29 is 9.90 Å². The number of nitriles is 1. The highest BCUT2D eigenvalue weighted by Crippen LogP contribution is 1.96. The second-order valence-electron chi connectivity index (χ2n) is 1.86. The lowest BCUT2D eigenvalue weighted by Gasteiger charge is -2.15. The van der Waals surface area contributed by atoms with Crippen LogP contribution in [0.15, 0.2) is 0 Å². The number of carbonyl (C=O) groups is 1. The normalized spacial score (nSPS) is 15.2. The van der Waals surface area contributed by atoms with E-state index >= 15 is 0 Å². The summed E-state index contributed by atoms with van der Waals surface area (Å²) in [6.45, 7) is 1.06. The van der Waals surface area contributed by atoms with Crippen molar-refractivity contribution >= 4 is 6.41 Å². The molecule has 0 saturated heterocycles. The Hall–Kier alpha value is -1.08. The number of rotatable bonds is 3. The molecule has 9 heavy (non-hydrogen) atoms. The number of amides is 1. The molecule has 0 heterocycles. The Balaban J connectivity index is 3.96. The molecule has 1 unspecified atom stereocenters. The molecular weight excluding hydrogens is 120 g/mol. The molecule has 0 aromatic rings. The molecule has 0 bridgehead atoms. The van der Waals surface area contributed by atoms with Crippen molar-refractivity contribution in [2.24, 2.45) is 0 Å². The van der Waals surface area contributed by atoms with Gasteiger partial charge in [0.25, 0.3) is 0 Å². The van der Waals surface area contributed by atoms with Crippen LogP contribution in [0.5, 0.6) is 0 Å². The highest BCUT2D eigenvalue weighted by molar-refractivity contribution is 5.49. The Morgan fingerprint density at radius 2 is 2.56 bits per heavy atom. The Labute approximate surface area is 53.1 Å². The molecular formula is C5H8N2O2. The van der Waals surface area contributed by atoms with E-state index in [9.17, 15) is 4.79 Å². The van der Waals surface area contributed by atoms with Gasteiger partial charge in [-0.25, -0.2) is 0 Å². The van der Waals surface area contributed by atoms with E-state index in [2.05, 4.69) is 5.32 Å². The maximum absolute atomic E-state index is 9.76. The SMILES string of the molecule is CC(C#N)(CO)NC=O. The van der Waals surface area contributed by atoms with Crippen LogP contribution in [0.2, 0.25) is 0 Å². The molecule has 1 atom stereocenters. The first kappa shape index (κ1) is 7.92. The molecule has 0 radical (unpaired) electrons. The van der Waals surface area contributed by atoms with Crippen LogP contribution in [0.3, 0.4) is 0 Å². The molecule has 0 aromatic heterocycles. The van der Waals surface area contributed by atoms with Gasteiger partial charge in [0.05, 0.1) is 12.7 Å². The van der Waals surface area contributed by atoms with E-state index in [4.69, 9.17) is 10.4 Å². The fourth-order valence-electron chi connectivity index (χ4n) is 0.243. The molecule has 0 saturated carbocycles. The first-order valence-electron chi connectivity index (χ1n) is 2.42. The van der Waals surface area contributed by atoms with Gasteiger partial charge < -0.3 is 10.4 Å². The molecule has 0 aliphatic heterocycles. The van der Waals surface area contributed by atoms with Crippen LogP contribution >= 0.6 is 0 Å². The molecule has 0 rings (SSSR count). The van der Waals surface area contributed by atoms with Crippen molar-refractivity contribution in [2.75, 3.05) is 6.61 Å². The average molecular weight is 128 g/mol. The molecule has 50 valence electrons. The topological polar surface area (TPSA) is 73.1 Å². The third kappa shape index (κ3) is 2.11. The predicted octanol–water partition coefficient (Wildman–Crippen LogP) is -0.993. The van der Waals surface area contributed by atoms with Gasteiger partial charge in [0.1, 0.15) is 5.54 Å². The van der Waals surface area contributed by atoms with E-state index in [1.54, 1.807) is 6.07 Å². The maximum Gasteiger partial charge on any atom is 0.208 e. The summed E-state index contributed by atoms with van der Waals surface area (Å²) in [4.78, 5) is 9.76. The van der Waals surface area contributed by atoms with Gasteiger partial charge in [-0.3, -0.25) is 4.79 Å². The lowest BCUT2D eigenvalue weighted by Crippen LogP contribution is -2.43. The van der Waals surface area contributed by atoms with Crippen molar-refractivity contribution in [2.45, 2.75) is 12.5 Å². The molecule has 1 amide bonds. The van der Waals surface area contributed by atoms with Crippen molar-refractivity contribution in [1.29, 1.82) is 5.26 Å². The number of aliphatic hydroxyl groups is 1.